The van der Waals surface area contributed by atoms with Gasteiger partial charge in [-0.1, -0.05) is 12.8 Å². The number of halogens is 1. The minimum absolute atomic E-state index is 0.0694. The fourth-order valence-corrected chi connectivity index (χ4v) is 2.59. The number of alkyl halides is 1. The maximum Gasteiger partial charge on any atom is 0.253 e. The van der Waals surface area contributed by atoms with Gasteiger partial charge >= 0.3 is 0 Å². The van der Waals surface area contributed by atoms with Crippen LogP contribution in [0, 0.1) is 6.92 Å². The molecule has 4 heteroatoms. The molecule has 0 saturated heterocycles. The van der Waals surface area contributed by atoms with Gasteiger partial charge < -0.3 is 5.32 Å². The van der Waals surface area contributed by atoms with Crippen LogP contribution in [0.1, 0.15) is 41.7 Å². The molecule has 2 rings (SSSR count). The van der Waals surface area contributed by atoms with E-state index in [1.807, 2.05) is 13.0 Å². The van der Waals surface area contributed by atoms with Gasteiger partial charge in [0.2, 0.25) is 0 Å². The van der Waals surface area contributed by atoms with E-state index in [-0.39, 0.29) is 11.4 Å². The largest absolute Gasteiger partial charge is 0.345 e. The molecule has 1 aliphatic rings. The van der Waals surface area contributed by atoms with Crippen molar-refractivity contribution in [3.8, 4) is 0 Å². The fraction of sp³-hybridized carbons (Fsp3) is 0.538. The highest BCUT2D eigenvalue weighted by Gasteiger charge is 2.34. The van der Waals surface area contributed by atoms with Crippen LogP contribution < -0.4 is 5.32 Å². The molecule has 1 N–H and O–H groups in total. The smallest absolute Gasteiger partial charge is 0.253 e. The number of rotatable bonds is 3. The Hall–Kier alpha value is -1.09. The van der Waals surface area contributed by atoms with E-state index in [2.05, 4.69) is 10.3 Å². The lowest BCUT2D eigenvalue weighted by molar-refractivity contribution is 0.0909. The third-order valence-corrected chi connectivity index (χ3v) is 3.88. The number of hydrogen-bond acceptors (Lipinski definition) is 2. The monoisotopic (exact) mass is 252 g/mol. The number of hydrogen-bond donors (Lipinski definition) is 1. The van der Waals surface area contributed by atoms with Gasteiger partial charge in [0.05, 0.1) is 11.1 Å². The topological polar surface area (TPSA) is 42.0 Å². The van der Waals surface area contributed by atoms with Crippen molar-refractivity contribution in [3.05, 3.63) is 29.6 Å². The van der Waals surface area contributed by atoms with Crippen LogP contribution in [0.2, 0.25) is 0 Å². The van der Waals surface area contributed by atoms with Gasteiger partial charge in [-0.05, 0) is 31.9 Å². The number of carbonyl (C=O) groups excluding carboxylic acids is 1. The molecule has 1 aromatic rings. The minimum Gasteiger partial charge on any atom is -0.345 e. The van der Waals surface area contributed by atoms with Crippen LogP contribution in [-0.2, 0) is 0 Å². The number of aromatic nitrogens is 1. The molecular weight excluding hydrogens is 236 g/mol. The SMILES string of the molecule is Cc1ccc(C(=O)NC2(CCl)CCCC2)cn1. The lowest BCUT2D eigenvalue weighted by Crippen LogP contribution is -2.47. The highest BCUT2D eigenvalue weighted by atomic mass is 35.5. The lowest BCUT2D eigenvalue weighted by atomic mass is 10.00. The molecule has 1 aliphatic carbocycles. The summed E-state index contributed by atoms with van der Waals surface area (Å²) in [5, 5.41) is 3.07. The maximum absolute atomic E-state index is 12.1. The third kappa shape index (κ3) is 2.78. The first-order valence-corrected chi connectivity index (χ1v) is 6.50. The third-order valence-electron chi connectivity index (χ3n) is 3.37. The second kappa shape index (κ2) is 5.05. The van der Waals surface area contributed by atoms with E-state index in [0.717, 1.165) is 31.4 Å². The van der Waals surface area contributed by atoms with Gasteiger partial charge in [-0.15, -0.1) is 11.6 Å². The zero-order valence-electron chi connectivity index (χ0n) is 10.0. The van der Waals surface area contributed by atoms with Crippen LogP contribution in [0.3, 0.4) is 0 Å². The summed E-state index contributed by atoms with van der Waals surface area (Å²) < 4.78 is 0. The number of carbonyl (C=O) groups is 1. The number of nitrogens with zero attached hydrogens (tertiary/aromatic N) is 1. The first-order chi connectivity index (χ1) is 8.15. The van der Waals surface area contributed by atoms with Gasteiger partial charge in [-0.3, -0.25) is 9.78 Å². The Morgan fingerprint density at radius 2 is 2.18 bits per heavy atom. The van der Waals surface area contributed by atoms with Crippen molar-refractivity contribution < 1.29 is 4.79 Å². The van der Waals surface area contributed by atoms with Crippen molar-refractivity contribution in [1.29, 1.82) is 0 Å². The molecule has 0 aliphatic heterocycles. The number of aryl methyl sites for hydroxylation is 1. The molecule has 1 heterocycles. The van der Waals surface area contributed by atoms with Gasteiger partial charge in [0.15, 0.2) is 0 Å². The highest BCUT2D eigenvalue weighted by Crippen LogP contribution is 2.30. The van der Waals surface area contributed by atoms with Crippen LogP contribution in [0.5, 0.6) is 0 Å². The summed E-state index contributed by atoms with van der Waals surface area (Å²) in [4.78, 5) is 16.2. The predicted octanol–water partition coefficient (Wildman–Crippen LogP) is 2.67. The van der Waals surface area contributed by atoms with Crippen LogP contribution in [-0.4, -0.2) is 22.3 Å². The summed E-state index contributed by atoms with van der Waals surface area (Å²) in [5.74, 6) is 0.415. The fourth-order valence-electron chi connectivity index (χ4n) is 2.26. The van der Waals surface area contributed by atoms with Crippen molar-refractivity contribution in [2.24, 2.45) is 0 Å². The van der Waals surface area contributed by atoms with Gasteiger partial charge in [-0.25, -0.2) is 0 Å². The summed E-state index contributed by atoms with van der Waals surface area (Å²) in [7, 11) is 0. The predicted molar refractivity (Wildman–Crippen MR) is 68.4 cm³/mol. The van der Waals surface area contributed by atoms with Crippen molar-refractivity contribution in [3.63, 3.8) is 0 Å². The Morgan fingerprint density at radius 3 is 2.71 bits per heavy atom. The second-order valence-electron chi connectivity index (χ2n) is 4.76. The standard InChI is InChI=1S/C13H17ClN2O/c1-10-4-5-11(8-15-10)12(17)16-13(9-14)6-2-3-7-13/h4-5,8H,2-3,6-7,9H2,1H3,(H,16,17). The average molecular weight is 253 g/mol. The molecule has 17 heavy (non-hydrogen) atoms. The van der Waals surface area contributed by atoms with E-state index in [1.165, 1.54) is 0 Å². The van der Waals surface area contributed by atoms with E-state index in [9.17, 15) is 4.79 Å². The molecular formula is C13H17ClN2O. The van der Waals surface area contributed by atoms with Crippen LogP contribution in [0.4, 0.5) is 0 Å². The zero-order chi connectivity index (χ0) is 12.3. The highest BCUT2D eigenvalue weighted by molar-refractivity contribution is 6.19. The Bertz CT molecular complexity index is 396. The van der Waals surface area contributed by atoms with Crippen LogP contribution in [0.25, 0.3) is 0 Å². The first-order valence-electron chi connectivity index (χ1n) is 5.96. The van der Waals surface area contributed by atoms with E-state index in [0.29, 0.717) is 11.4 Å². The molecule has 0 atom stereocenters. The van der Waals surface area contributed by atoms with Crippen LogP contribution in [0.15, 0.2) is 18.3 Å². The van der Waals surface area contributed by atoms with E-state index >= 15 is 0 Å². The minimum atomic E-state index is -0.205. The summed E-state index contributed by atoms with van der Waals surface area (Å²) in [6, 6.07) is 3.64. The van der Waals surface area contributed by atoms with E-state index in [4.69, 9.17) is 11.6 Å². The molecule has 1 amide bonds. The summed E-state index contributed by atoms with van der Waals surface area (Å²) in [5.41, 5.74) is 1.31. The quantitative estimate of drug-likeness (QED) is 0.841. The van der Waals surface area contributed by atoms with Gasteiger partial charge in [0.1, 0.15) is 0 Å². The number of nitrogens with one attached hydrogen (secondary N) is 1. The average Bonchev–Trinajstić information content (AvgIpc) is 2.79. The molecule has 1 fully saturated rings. The van der Waals surface area contributed by atoms with E-state index < -0.39 is 0 Å². The molecule has 3 nitrogen and oxygen atoms in total. The Morgan fingerprint density at radius 1 is 1.47 bits per heavy atom. The number of amides is 1. The molecule has 0 unspecified atom stereocenters. The number of pyridine rings is 1. The zero-order valence-corrected chi connectivity index (χ0v) is 10.8. The van der Waals surface area contributed by atoms with Gasteiger partial charge in [-0.2, -0.15) is 0 Å². The van der Waals surface area contributed by atoms with E-state index in [1.54, 1.807) is 12.3 Å². The maximum atomic E-state index is 12.1. The van der Waals surface area contributed by atoms with Gasteiger partial charge in [0, 0.05) is 17.8 Å². The molecule has 0 spiro atoms. The molecule has 0 aromatic carbocycles. The van der Waals surface area contributed by atoms with Crippen molar-refractivity contribution >= 4 is 17.5 Å². The van der Waals surface area contributed by atoms with Crippen molar-refractivity contribution in [2.45, 2.75) is 38.1 Å². The molecule has 0 radical (unpaired) electrons. The van der Waals surface area contributed by atoms with Crippen molar-refractivity contribution in [2.75, 3.05) is 5.88 Å². The molecule has 1 aromatic heterocycles. The van der Waals surface area contributed by atoms with Crippen molar-refractivity contribution in [1.82, 2.24) is 10.3 Å². The van der Waals surface area contributed by atoms with Gasteiger partial charge in [0.25, 0.3) is 5.91 Å². The summed E-state index contributed by atoms with van der Waals surface area (Å²) in [6.07, 6.45) is 5.84. The Balaban J connectivity index is 2.08. The summed E-state index contributed by atoms with van der Waals surface area (Å²) >= 11 is 5.99. The molecule has 0 bridgehead atoms. The summed E-state index contributed by atoms with van der Waals surface area (Å²) in [6.45, 7) is 1.90. The van der Waals surface area contributed by atoms with Crippen LogP contribution >= 0.6 is 11.6 Å². The second-order valence-corrected chi connectivity index (χ2v) is 5.03. The molecule has 92 valence electrons. The Kier molecular flexibility index (Phi) is 3.67. The normalized spacial score (nSPS) is 18.0. The first kappa shape index (κ1) is 12.4. The molecule has 1 saturated carbocycles. The lowest BCUT2D eigenvalue weighted by Gasteiger charge is -2.27. The Labute approximate surface area is 107 Å².